The summed E-state index contributed by atoms with van der Waals surface area (Å²) >= 11 is -2.70. The van der Waals surface area contributed by atoms with Crippen molar-refractivity contribution in [1.29, 1.82) is 0 Å². The van der Waals surface area contributed by atoms with E-state index in [1.54, 1.807) is 20.9 Å². The minimum atomic E-state index is -2.70. The van der Waals surface area contributed by atoms with Gasteiger partial charge in [-0.05, 0) is 0 Å². The zero-order valence-corrected chi connectivity index (χ0v) is 29.7. The molecule has 0 unspecified atom stereocenters. The van der Waals surface area contributed by atoms with Crippen LogP contribution in [0.1, 0.15) is 81.3 Å². The Morgan fingerprint density at radius 3 is 1.79 bits per heavy atom. The number of benzene rings is 4. The van der Waals surface area contributed by atoms with Gasteiger partial charge in [-0.25, -0.2) is 0 Å². The van der Waals surface area contributed by atoms with Gasteiger partial charge in [-0.15, -0.1) is 24.8 Å². The van der Waals surface area contributed by atoms with E-state index in [2.05, 4.69) is 151 Å². The van der Waals surface area contributed by atoms with Crippen LogP contribution in [0.2, 0.25) is 0 Å². The van der Waals surface area contributed by atoms with Crippen LogP contribution in [0.5, 0.6) is 0 Å². The van der Waals surface area contributed by atoms with Crippen LogP contribution in [0.3, 0.4) is 0 Å². The molecule has 0 bridgehead atoms. The Bertz CT molecular complexity index is 1640. The van der Waals surface area contributed by atoms with Gasteiger partial charge in [0.05, 0.1) is 0 Å². The Hall–Kier alpha value is -2.31. The predicted molar refractivity (Wildman–Crippen MR) is 184 cm³/mol. The standard InChI is InChI=1S/C21H25.C13H10.C5H5.2ClH.Zr/c1-20(2,3)16-7-9-18-14(12-16)11-15-13-17(21(4,5)6)8-10-19(15)18;1-3-7-12(8-4-1)11-13-9-5-2-6-10-13;1-2-4-5-3-1;;;/h7-10,12H,11H2,1-6H3;1-10H;1-3H,4H2;2*1H;. The summed E-state index contributed by atoms with van der Waals surface area (Å²) in [5, 5.41) is 0. The van der Waals surface area contributed by atoms with Crippen LogP contribution < -0.4 is 3.27 Å². The van der Waals surface area contributed by atoms with Crippen molar-refractivity contribution in [3.8, 4) is 11.1 Å². The minimum Gasteiger partial charge on any atom is -0.147 e. The van der Waals surface area contributed by atoms with Crippen LogP contribution in [-0.2, 0) is 38.5 Å². The summed E-state index contributed by atoms with van der Waals surface area (Å²) in [6.07, 6.45) is 9.25. The van der Waals surface area contributed by atoms with Crippen molar-refractivity contribution in [2.75, 3.05) is 0 Å². The molecule has 0 N–H and O–H groups in total. The molecule has 216 valence electrons. The molecule has 0 heterocycles. The number of hydrogen-bond donors (Lipinski definition) is 0. The Morgan fingerprint density at radius 2 is 1.26 bits per heavy atom. The molecule has 4 aromatic carbocycles. The molecule has 3 heteroatoms. The fraction of sp³-hybridized carbons (Fsp3) is 0.256. The van der Waals surface area contributed by atoms with Crippen LogP contribution in [0, 0.1) is 0 Å². The summed E-state index contributed by atoms with van der Waals surface area (Å²) in [5.41, 5.74) is 11.9. The van der Waals surface area contributed by atoms with Gasteiger partial charge in [0.1, 0.15) is 0 Å². The molecule has 0 atom stereocenters. The Kier molecular flexibility index (Phi) is 9.89. The third-order valence-corrected chi connectivity index (χ3v) is 16.2. The molecule has 6 rings (SSSR count). The summed E-state index contributed by atoms with van der Waals surface area (Å²) in [5.74, 6) is 0. The van der Waals surface area contributed by atoms with E-state index in [4.69, 9.17) is 0 Å². The van der Waals surface area contributed by atoms with Crippen LogP contribution in [0.15, 0.2) is 113 Å². The molecule has 0 radical (unpaired) electrons. The van der Waals surface area contributed by atoms with Gasteiger partial charge in [0.25, 0.3) is 0 Å². The monoisotopic (exact) mass is 670 g/mol. The summed E-state index contributed by atoms with van der Waals surface area (Å²) in [7, 11) is 0. The SMILES string of the molecule is CC(C)(C)c1ccc2c(c1)Cc1c-2ccc(C(C)(C)C)[c]1[Zr]([C]1=CC=CC1)=[C](c1ccccc1)c1ccccc1.Cl.Cl. The molecule has 0 nitrogen and oxygen atoms in total. The van der Waals surface area contributed by atoms with Crippen molar-refractivity contribution in [1.82, 2.24) is 0 Å². The van der Waals surface area contributed by atoms with E-state index in [1.165, 1.54) is 33.4 Å². The molecule has 0 amide bonds. The first-order chi connectivity index (χ1) is 19.1. The molecule has 2 aliphatic rings. The van der Waals surface area contributed by atoms with E-state index in [0.717, 1.165) is 12.8 Å². The van der Waals surface area contributed by atoms with Crippen molar-refractivity contribution in [2.45, 2.75) is 65.2 Å². The van der Waals surface area contributed by atoms with Crippen LogP contribution in [0.25, 0.3) is 11.1 Å². The van der Waals surface area contributed by atoms with Crippen molar-refractivity contribution in [3.05, 3.63) is 146 Å². The number of rotatable bonds is 4. The zero-order valence-electron chi connectivity index (χ0n) is 25.6. The summed E-state index contributed by atoms with van der Waals surface area (Å²) in [6.45, 7) is 14.2. The molecule has 0 saturated heterocycles. The van der Waals surface area contributed by atoms with E-state index in [9.17, 15) is 0 Å². The number of allylic oxidation sites excluding steroid dienone is 4. The molecule has 4 aromatic rings. The fourth-order valence-corrected chi connectivity index (χ4v) is 15.3. The summed E-state index contributed by atoms with van der Waals surface area (Å²) in [6, 6.07) is 34.7. The average Bonchev–Trinajstić information content (AvgIpc) is 3.59. The average molecular weight is 673 g/mol. The molecular weight excluding hydrogens is 631 g/mol. The fourth-order valence-electron chi connectivity index (χ4n) is 6.40. The van der Waals surface area contributed by atoms with Gasteiger partial charge in [-0.2, -0.15) is 0 Å². The van der Waals surface area contributed by atoms with Gasteiger partial charge in [0.2, 0.25) is 0 Å². The molecule has 0 aromatic heterocycles. The van der Waals surface area contributed by atoms with Crippen molar-refractivity contribution in [2.24, 2.45) is 0 Å². The van der Waals surface area contributed by atoms with Gasteiger partial charge in [0.15, 0.2) is 0 Å². The smallest absolute Gasteiger partial charge is 0.147 e. The Morgan fingerprint density at radius 1 is 0.667 bits per heavy atom. The van der Waals surface area contributed by atoms with E-state index >= 15 is 0 Å². The van der Waals surface area contributed by atoms with Crippen LogP contribution in [0.4, 0.5) is 0 Å². The number of halogens is 2. The van der Waals surface area contributed by atoms with Crippen molar-refractivity contribution < 1.29 is 21.3 Å². The van der Waals surface area contributed by atoms with Crippen LogP contribution >= 0.6 is 24.8 Å². The van der Waals surface area contributed by atoms with Crippen molar-refractivity contribution >= 4 is 31.3 Å². The largest absolute Gasteiger partial charge is 0.147 e. The minimum absolute atomic E-state index is 0. The predicted octanol–water partition coefficient (Wildman–Crippen LogP) is 10.1. The van der Waals surface area contributed by atoms with E-state index in [0.29, 0.717) is 0 Å². The second-order valence-corrected chi connectivity index (χ2v) is 19.2. The Labute approximate surface area is 273 Å². The second-order valence-electron chi connectivity index (χ2n) is 13.4. The maximum atomic E-state index is 2.49. The Balaban J connectivity index is 0.00000202. The van der Waals surface area contributed by atoms with Gasteiger partial charge in [-0.1, -0.05) is 0 Å². The third kappa shape index (κ3) is 6.17. The summed E-state index contributed by atoms with van der Waals surface area (Å²) < 4.78 is 4.98. The molecule has 0 aliphatic heterocycles. The molecule has 2 aliphatic carbocycles. The molecule has 0 spiro atoms. The number of fused-ring (bicyclic) bond motifs is 3. The topological polar surface area (TPSA) is 0 Å². The van der Waals surface area contributed by atoms with Crippen LogP contribution in [-0.4, -0.2) is 3.21 Å². The number of hydrogen-bond acceptors (Lipinski definition) is 0. The molecule has 0 saturated carbocycles. The first-order valence-corrected chi connectivity index (χ1v) is 18.3. The van der Waals surface area contributed by atoms with E-state index in [-0.39, 0.29) is 35.6 Å². The maximum absolute atomic E-state index is 2.70. The maximum Gasteiger partial charge on any atom is -0.147 e. The van der Waals surface area contributed by atoms with Gasteiger partial charge in [0, 0.05) is 0 Å². The first kappa shape index (κ1) is 32.6. The molecule has 0 fully saturated rings. The van der Waals surface area contributed by atoms with Gasteiger partial charge in [-0.3, -0.25) is 0 Å². The van der Waals surface area contributed by atoms with Gasteiger partial charge < -0.3 is 0 Å². The van der Waals surface area contributed by atoms with E-state index in [1.807, 2.05) is 0 Å². The first-order valence-electron chi connectivity index (χ1n) is 14.6. The quantitative estimate of drug-likeness (QED) is 0.178. The normalized spacial score (nSPS) is 13.4. The van der Waals surface area contributed by atoms with Gasteiger partial charge >= 0.3 is 250 Å². The third-order valence-electron chi connectivity index (χ3n) is 8.47. The zero-order chi connectivity index (χ0) is 28.1. The summed E-state index contributed by atoms with van der Waals surface area (Å²) in [4.78, 5) is 0. The second kappa shape index (κ2) is 12.7. The van der Waals surface area contributed by atoms with Crippen molar-refractivity contribution in [3.63, 3.8) is 0 Å². The molecule has 42 heavy (non-hydrogen) atoms. The molecular formula is C39H42Cl2Zr. The van der Waals surface area contributed by atoms with E-state index < -0.39 is 21.3 Å².